The molecular formula is C25H39N5O5. The number of carbonyl (C=O) groups excluding carboxylic acids is 2. The Morgan fingerprint density at radius 1 is 1.20 bits per heavy atom. The Morgan fingerprint density at radius 3 is 2.23 bits per heavy atom. The zero-order valence-corrected chi connectivity index (χ0v) is 21.5. The molecule has 3 N–H and O–H groups in total. The number of hydrogen-bond acceptors (Lipinski definition) is 7. The number of nitro benzene ring substituents is 1. The Kier molecular flexibility index (Phi) is 12.0. The second-order valence-corrected chi connectivity index (χ2v) is 9.34. The number of alkyl carbamates (subject to hydrolysis) is 1. The molecule has 1 aliphatic carbocycles. The minimum absolute atomic E-state index is 0.0282. The minimum Gasteiger partial charge on any atom is -0.444 e. The van der Waals surface area contributed by atoms with Crippen molar-refractivity contribution in [3.63, 3.8) is 0 Å². The number of nitro groups is 1. The van der Waals surface area contributed by atoms with Crippen LogP contribution in [0, 0.1) is 27.4 Å². The Labute approximate surface area is 207 Å². The van der Waals surface area contributed by atoms with E-state index in [4.69, 9.17) is 15.7 Å². The Bertz CT molecular complexity index is 894. The van der Waals surface area contributed by atoms with E-state index in [1.54, 1.807) is 26.8 Å². The van der Waals surface area contributed by atoms with Crippen LogP contribution in [0.15, 0.2) is 18.2 Å². The summed E-state index contributed by atoms with van der Waals surface area (Å²) in [5, 5.41) is 22.1. The summed E-state index contributed by atoms with van der Waals surface area (Å²) in [5.74, 6) is -0.331. The molecule has 1 aliphatic heterocycles. The Morgan fingerprint density at radius 2 is 1.77 bits per heavy atom. The number of rotatable bonds is 5. The summed E-state index contributed by atoms with van der Waals surface area (Å²) in [6.45, 7) is 11.2. The summed E-state index contributed by atoms with van der Waals surface area (Å²) in [5.41, 5.74) is 5.92. The van der Waals surface area contributed by atoms with Gasteiger partial charge in [-0.3, -0.25) is 14.9 Å². The van der Waals surface area contributed by atoms with E-state index in [1.807, 2.05) is 19.9 Å². The number of carbonyl (C=O) groups is 2. The van der Waals surface area contributed by atoms with Crippen LogP contribution >= 0.6 is 0 Å². The standard InChI is InChI=1S/C12H22N2O3.C11H11N3O2.C2H6/c1-12(2,3)17-11(16)14-9(10(13)15)8-6-4-5-7-8;12-8-9-7-10(14(15)16)3-4-11(9)13-5-1-2-6-13;1-2/h8-9H,4-7H2,1-3H3,(H2,13,15)(H,14,16);3-4,7H,1-2,5-6H2;1-2H3. The second-order valence-electron chi connectivity index (χ2n) is 9.34. The first-order valence-corrected chi connectivity index (χ1v) is 12.2. The number of hydrogen-bond donors (Lipinski definition) is 2. The monoisotopic (exact) mass is 489 g/mol. The predicted octanol–water partition coefficient (Wildman–Crippen LogP) is 4.65. The van der Waals surface area contributed by atoms with Gasteiger partial charge in [0.2, 0.25) is 5.91 Å². The summed E-state index contributed by atoms with van der Waals surface area (Å²) in [6, 6.07) is 5.88. The number of nitrogens with zero attached hydrogens (tertiary/aromatic N) is 3. The fraction of sp³-hybridized carbons (Fsp3) is 0.640. The van der Waals surface area contributed by atoms with Crippen molar-refractivity contribution >= 4 is 23.4 Å². The van der Waals surface area contributed by atoms with E-state index in [2.05, 4.69) is 10.2 Å². The average Bonchev–Trinajstić information content (AvgIpc) is 3.52. The smallest absolute Gasteiger partial charge is 0.408 e. The van der Waals surface area contributed by atoms with Crippen molar-refractivity contribution in [1.29, 1.82) is 5.26 Å². The normalized spacial score (nSPS) is 16.1. The highest BCUT2D eigenvalue weighted by molar-refractivity contribution is 5.84. The Hall–Kier alpha value is -3.35. The summed E-state index contributed by atoms with van der Waals surface area (Å²) in [6.07, 6.45) is 5.69. The van der Waals surface area contributed by atoms with Crippen LogP contribution < -0.4 is 16.0 Å². The van der Waals surface area contributed by atoms with Gasteiger partial charge in [0.15, 0.2) is 0 Å². The second kappa shape index (κ2) is 14.1. The van der Waals surface area contributed by atoms with Gasteiger partial charge in [-0.05, 0) is 58.4 Å². The highest BCUT2D eigenvalue weighted by atomic mass is 16.6. The first kappa shape index (κ1) is 29.7. The van der Waals surface area contributed by atoms with Gasteiger partial charge in [0.25, 0.3) is 5.69 Å². The van der Waals surface area contributed by atoms with Crippen molar-refractivity contribution in [2.45, 2.75) is 84.8 Å². The van der Waals surface area contributed by atoms with Gasteiger partial charge in [0.1, 0.15) is 17.7 Å². The molecule has 0 aromatic heterocycles. The van der Waals surface area contributed by atoms with Gasteiger partial charge in [-0.25, -0.2) is 4.79 Å². The molecule has 2 fully saturated rings. The molecule has 35 heavy (non-hydrogen) atoms. The van der Waals surface area contributed by atoms with Crippen LogP contribution in [0.25, 0.3) is 0 Å². The molecule has 2 aliphatic rings. The third-order valence-electron chi connectivity index (χ3n) is 5.61. The highest BCUT2D eigenvalue weighted by Crippen LogP contribution is 2.28. The molecule has 1 unspecified atom stereocenters. The molecule has 0 radical (unpaired) electrons. The third kappa shape index (κ3) is 9.81. The SMILES string of the molecule is CC.CC(C)(C)OC(=O)NC(C(N)=O)C1CCCC1.N#Cc1cc([N+](=O)[O-])ccc1N1CCCC1. The van der Waals surface area contributed by atoms with Gasteiger partial charge in [0, 0.05) is 25.2 Å². The number of anilines is 1. The van der Waals surface area contributed by atoms with Crippen LogP contribution in [0.4, 0.5) is 16.2 Å². The molecule has 1 aromatic carbocycles. The Balaban J connectivity index is 0.000000327. The predicted molar refractivity (Wildman–Crippen MR) is 135 cm³/mol. The number of primary amides is 1. The zero-order chi connectivity index (χ0) is 26.6. The molecule has 1 atom stereocenters. The number of non-ortho nitro benzene ring substituents is 1. The van der Waals surface area contributed by atoms with Gasteiger partial charge in [0.05, 0.1) is 16.2 Å². The van der Waals surface area contributed by atoms with Crippen molar-refractivity contribution in [1.82, 2.24) is 5.32 Å². The lowest BCUT2D eigenvalue weighted by Gasteiger charge is -2.25. The lowest BCUT2D eigenvalue weighted by atomic mass is 9.98. The number of ether oxygens (including phenoxy) is 1. The molecule has 194 valence electrons. The van der Waals surface area contributed by atoms with Crippen LogP contribution in [-0.2, 0) is 9.53 Å². The van der Waals surface area contributed by atoms with Crippen molar-refractivity contribution in [2.24, 2.45) is 11.7 Å². The van der Waals surface area contributed by atoms with E-state index in [0.29, 0.717) is 5.56 Å². The average molecular weight is 490 g/mol. The van der Waals surface area contributed by atoms with Gasteiger partial charge < -0.3 is 20.7 Å². The molecule has 1 heterocycles. The summed E-state index contributed by atoms with van der Waals surface area (Å²) < 4.78 is 5.12. The van der Waals surface area contributed by atoms with Gasteiger partial charge in [-0.15, -0.1) is 0 Å². The molecule has 3 rings (SSSR count). The van der Waals surface area contributed by atoms with Crippen LogP contribution in [0.5, 0.6) is 0 Å². The number of nitrogens with one attached hydrogen (secondary N) is 1. The molecule has 10 heteroatoms. The first-order chi connectivity index (χ1) is 16.5. The van der Waals surface area contributed by atoms with Crippen molar-refractivity contribution in [2.75, 3.05) is 18.0 Å². The number of nitriles is 1. The summed E-state index contributed by atoms with van der Waals surface area (Å²) in [4.78, 5) is 35.1. The molecule has 1 saturated heterocycles. The van der Waals surface area contributed by atoms with E-state index in [1.165, 1.54) is 12.1 Å². The summed E-state index contributed by atoms with van der Waals surface area (Å²) in [7, 11) is 0. The molecule has 1 aromatic rings. The van der Waals surface area contributed by atoms with E-state index in [0.717, 1.165) is 57.3 Å². The van der Waals surface area contributed by atoms with Crippen LogP contribution in [0.1, 0.15) is 78.7 Å². The van der Waals surface area contributed by atoms with E-state index < -0.39 is 28.6 Å². The third-order valence-corrected chi connectivity index (χ3v) is 5.61. The van der Waals surface area contributed by atoms with Crippen molar-refractivity contribution < 1.29 is 19.2 Å². The van der Waals surface area contributed by atoms with Gasteiger partial charge in [-0.2, -0.15) is 5.26 Å². The van der Waals surface area contributed by atoms with Crippen LogP contribution in [-0.4, -0.2) is 41.7 Å². The molecule has 10 nitrogen and oxygen atoms in total. The number of benzene rings is 1. The van der Waals surface area contributed by atoms with Gasteiger partial charge in [-0.1, -0.05) is 26.7 Å². The first-order valence-electron chi connectivity index (χ1n) is 12.2. The van der Waals surface area contributed by atoms with E-state index >= 15 is 0 Å². The zero-order valence-electron chi connectivity index (χ0n) is 21.5. The molecule has 2 amide bonds. The van der Waals surface area contributed by atoms with Crippen LogP contribution in [0.3, 0.4) is 0 Å². The van der Waals surface area contributed by atoms with Crippen molar-refractivity contribution in [3.05, 3.63) is 33.9 Å². The maximum atomic E-state index is 11.6. The van der Waals surface area contributed by atoms with Crippen molar-refractivity contribution in [3.8, 4) is 6.07 Å². The topological polar surface area (TPSA) is 152 Å². The maximum absolute atomic E-state index is 11.6. The lowest BCUT2D eigenvalue weighted by molar-refractivity contribution is -0.384. The summed E-state index contributed by atoms with van der Waals surface area (Å²) >= 11 is 0. The minimum atomic E-state index is -0.604. The number of nitrogens with two attached hydrogens (primary N) is 1. The quantitative estimate of drug-likeness (QED) is 0.451. The van der Waals surface area contributed by atoms with E-state index in [-0.39, 0.29) is 11.6 Å². The molecule has 1 saturated carbocycles. The molecule has 0 bridgehead atoms. The largest absolute Gasteiger partial charge is 0.444 e. The fourth-order valence-corrected chi connectivity index (χ4v) is 4.11. The highest BCUT2D eigenvalue weighted by Gasteiger charge is 2.31. The van der Waals surface area contributed by atoms with Gasteiger partial charge >= 0.3 is 6.09 Å². The fourth-order valence-electron chi connectivity index (χ4n) is 4.11. The number of amides is 2. The maximum Gasteiger partial charge on any atom is 0.408 e. The van der Waals surface area contributed by atoms with Crippen LogP contribution in [0.2, 0.25) is 0 Å². The molecular weight excluding hydrogens is 450 g/mol. The lowest BCUT2D eigenvalue weighted by Crippen LogP contribution is -2.49. The molecule has 0 spiro atoms. The van der Waals surface area contributed by atoms with E-state index in [9.17, 15) is 19.7 Å².